The molecule has 2 fully saturated rings. The molecule has 12 heteroatoms. The van der Waals surface area contributed by atoms with E-state index >= 15 is 0 Å². The number of likely N-dealkylation sites (tertiary alicyclic amines) is 2. The predicted molar refractivity (Wildman–Crippen MR) is 110 cm³/mol. The van der Waals surface area contributed by atoms with E-state index in [9.17, 15) is 22.0 Å². The highest BCUT2D eigenvalue weighted by Gasteiger charge is 2.34. The molecular formula is C19H27F2N5O4S. The molecule has 2 heterocycles. The molecule has 1 atom stereocenters. The van der Waals surface area contributed by atoms with E-state index in [2.05, 4.69) is 5.32 Å². The number of guanidine groups is 1. The van der Waals surface area contributed by atoms with Gasteiger partial charge < -0.3 is 15.1 Å². The Hall–Kier alpha value is -2.47. The standard InChI is InChI=1S/C19H27F2N5O4S/c1-31(29,30)17-11-13(20)16(10-14(17)21)23-15-4-2-3-7-26(18(15)27)12-5-8-25(9-6-12)19(22)24-28/h10-12,15,23,28H,2-9H2,1H3,(H2,22,24). The lowest BCUT2D eigenvalue weighted by Crippen LogP contribution is -2.53. The quantitative estimate of drug-likeness (QED) is 0.306. The molecule has 0 aliphatic carbocycles. The summed E-state index contributed by atoms with van der Waals surface area (Å²) < 4.78 is 51.9. The van der Waals surface area contributed by atoms with Crippen LogP contribution in [0.1, 0.15) is 32.1 Å². The van der Waals surface area contributed by atoms with Gasteiger partial charge in [-0.1, -0.05) is 0 Å². The molecule has 2 saturated heterocycles. The normalized spacial score (nSPS) is 21.0. The number of hydrogen-bond donors (Lipinski definition) is 4. The van der Waals surface area contributed by atoms with Crippen molar-refractivity contribution in [1.82, 2.24) is 15.3 Å². The number of amides is 1. The number of hydroxylamine groups is 1. The van der Waals surface area contributed by atoms with Gasteiger partial charge in [-0.3, -0.25) is 15.4 Å². The monoisotopic (exact) mass is 459 g/mol. The van der Waals surface area contributed by atoms with Gasteiger partial charge in [-0.2, -0.15) is 0 Å². The van der Waals surface area contributed by atoms with Gasteiger partial charge in [0, 0.05) is 38.0 Å². The lowest BCUT2D eigenvalue weighted by atomic mass is 10.0. The second kappa shape index (κ2) is 9.35. The van der Waals surface area contributed by atoms with Crippen LogP contribution in [0.5, 0.6) is 0 Å². The van der Waals surface area contributed by atoms with Gasteiger partial charge >= 0.3 is 0 Å². The number of benzene rings is 1. The maximum atomic E-state index is 14.5. The smallest absolute Gasteiger partial charge is 0.245 e. The minimum absolute atomic E-state index is 0.0492. The first-order chi connectivity index (χ1) is 14.6. The van der Waals surface area contributed by atoms with Crippen LogP contribution in [0.3, 0.4) is 0 Å². The van der Waals surface area contributed by atoms with Crippen LogP contribution in [-0.2, 0) is 14.6 Å². The molecule has 1 amide bonds. The van der Waals surface area contributed by atoms with Gasteiger partial charge in [0.15, 0.2) is 9.84 Å². The fourth-order valence-electron chi connectivity index (χ4n) is 4.14. The minimum Gasteiger partial charge on any atom is -0.371 e. The Morgan fingerprint density at radius 3 is 2.42 bits per heavy atom. The molecule has 3 rings (SSSR count). The van der Waals surface area contributed by atoms with Gasteiger partial charge in [-0.05, 0) is 38.2 Å². The van der Waals surface area contributed by atoms with Crippen LogP contribution in [0.25, 0.3) is 0 Å². The predicted octanol–water partition coefficient (Wildman–Crippen LogP) is 1.54. The molecule has 0 saturated carbocycles. The Labute approximate surface area is 179 Å². The Bertz CT molecular complexity index is 951. The lowest BCUT2D eigenvalue weighted by molar-refractivity contribution is -0.134. The number of nitrogens with zero attached hydrogens (tertiary/aromatic N) is 2. The molecule has 0 radical (unpaired) electrons. The molecular weight excluding hydrogens is 432 g/mol. The van der Waals surface area contributed by atoms with Crippen LogP contribution in [0.4, 0.5) is 14.5 Å². The molecule has 1 aromatic rings. The first kappa shape index (κ1) is 23.2. The third kappa shape index (κ3) is 5.24. The highest BCUT2D eigenvalue weighted by molar-refractivity contribution is 7.90. The number of anilines is 1. The van der Waals surface area contributed by atoms with Gasteiger partial charge in [0.1, 0.15) is 22.6 Å². The van der Waals surface area contributed by atoms with E-state index in [1.807, 2.05) is 5.48 Å². The number of nitrogens with one attached hydrogen (secondary N) is 3. The van der Waals surface area contributed by atoms with Gasteiger partial charge in [0.2, 0.25) is 11.9 Å². The number of hydrogen-bond acceptors (Lipinski definition) is 6. The average molecular weight is 460 g/mol. The number of halogens is 2. The van der Waals surface area contributed by atoms with Crippen LogP contribution in [0.2, 0.25) is 0 Å². The lowest BCUT2D eigenvalue weighted by Gasteiger charge is -2.39. The second-order valence-electron chi connectivity index (χ2n) is 7.94. The summed E-state index contributed by atoms with van der Waals surface area (Å²) in [6.45, 7) is 1.57. The molecule has 1 aromatic carbocycles. The van der Waals surface area contributed by atoms with E-state index in [0.29, 0.717) is 45.0 Å². The van der Waals surface area contributed by atoms with E-state index in [4.69, 9.17) is 10.6 Å². The molecule has 0 spiro atoms. The van der Waals surface area contributed by atoms with Crippen molar-refractivity contribution < 1.29 is 27.2 Å². The first-order valence-electron chi connectivity index (χ1n) is 10.1. The molecule has 9 nitrogen and oxygen atoms in total. The topological polar surface area (TPSA) is 126 Å². The Morgan fingerprint density at radius 1 is 1.13 bits per heavy atom. The van der Waals surface area contributed by atoms with E-state index in [1.54, 1.807) is 9.80 Å². The zero-order chi connectivity index (χ0) is 22.8. The molecule has 1 unspecified atom stereocenters. The summed E-state index contributed by atoms with van der Waals surface area (Å²) in [7, 11) is -3.92. The molecule has 4 N–H and O–H groups in total. The largest absolute Gasteiger partial charge is 0.371 e. The van der Waals surface area contributed by atoms with Gasteiger partial charge in [-0.25, -0.2) is 22.7 Å². The third-order valence-corrected chi connectivity index (χ3v) is 6.91. The molecule has 31 heavy (non-hydrogen) atoms. The third-order valence-electron chi connectivity index (χ3n) is 5.80. The SMILES string of the molecule is CS(=O)(=O)c1cc(F)c(NC2CCCCN(C3CCN(C(=N)NO)CC3)C2=O)cc1F. The summed E-state index contributed by atoms with van der Waals surface area (Å²) in [5.41, 5.74) is 1.57. The summed E-state index contributed by atoms with van der Waals surface area (Å²) in [4.78, 5) is 15.9. The average Bonchev–Trinajstić information content (AvgIpc) is 2.90. The second-order valence-corrected chi connectivity index (χ2v) is 9.92. The van der Waals surface area contributed by atoms with Crippen LogP contribution >= 0.6 is 0 Å². The fraction of sp³-hybridized carbons (Fsp3) is 0.579. The van der Waals surface area contributed by atoms with Crippen molar-refractivity contribution in [2.24, 2.45) is 0 Å². The maximum Gasteiger partial charge on any atom is 0.245 e. The molecule has 2 aliphatic rings. The summed E-state index contributed by atoms with van der Waals surface area (Å²) in [6, 6.07) is 0.606. The molecule has 0 bridgehead atoms. The van der Waals surface area contributed by atoms with Crippen molar-refractivity contribution in [3.8, 4) is 0 Å². The zero-order valence-corrected chi connectivity index (χ0v) is 18.0. The van der Waals surface area contributed by atoms with Gasteiger partial charge in [-0.15, -0.1) is 0 Å². The van der Waals surface area contributed by atoms with Gasteiger partial charge in [0.05, 0.1) is 5.69 Å². The highest BCUT2D eigenvalue weighted by Crippen LogP contribution is 2.27. The maximum absolute atomic E-state index is 14.5. The number of rotatable bonds is 4. The van der Waals surface area contributed by atoms with E-state index in [-0.39, 0.29) is 23.6 Å². The van der Waals surface area contributed by atoms with Crippen molar-refractivity contribution in [1.29, 1.82) is 5.41 Å². The Kier molecular flexibility index (Phi) is 6.99. The summed E-state index contributed by atoms with van der Waals surface area (Å²) in [6.07, 6.45) is 3.99. The van der Waals surface area contributed by atoms with Crippen LogP contribution < -0.4 is 10.8 Å². The number of carbonyl (C=O) groups excluding carboxylic acids is 1. The van der Waals surface area contributed by atoms with Crippen LogP contribution in [0.15, 0.2) is 17.0 Å². The van der Waals surface area contributed by atoms with Gasteiger partial charge in [0.25, 0.3) is 0 Å². The van der Waals surface area contributed by atoms with Crippen molar-refractivity contribution in [3.63, 3.8) is 0 Å². The summed E-state index contributed by atoms with van der Waals surface area (Å²) in [5, 5.41) is 19.3. The Balaban J connectivity index is 1.74. The number of piperidine rings is 1. The molecule has 172 valence electrons. The Morgan fingerprint density at radius 2 is 1.81 bits per heavy atom. The van der Waals surface area contributed by atoms with Crippen molar-refractivity contribution >= 4 is 27.4 Å². The minimum atomic E-state index is -3.92. The molecule has 2 aliphatic heterocycles. The number of carbonyl (C=O) groups is 1. The van der Waals surface area contributed by atoms with Crippen molar-refractivity contribution in [3.05, 3.63) is 23.8 Å². The summed E-state index contributed by atoms with van der Waals surface area (Å²) >= 11 is 0. The van der Waals surface area contributed by atoms with E-state index in [0.717, 1.165) is 25.2 Å². The first-order valence-corrected chi connectivity index (χ1v) is 12.0. The summed E-state index contributed by atoms with van der Waals surface area (Å²) in [5.74, 6) is -2.31. The van der Waals surface area contributed by atoms with E-state index < -0.39 is 32.4 Å². The van der Waals surface area contributed by atoms with Crippen LogP contribution in [-0.4, -0.2) is 73.3 Å². The van der Waals surface area contributed by atoms with E-state index in [1.165, 1.54) is 0 Å². The molecule has 0 aromatic heterocycles. The number of sulfone groups is 1. The van der Waals surface area contributed by atoms with Crippen molar-refractivity contribution in [2.45, 2.75) is 49.1 Å². The van der Waals surface area contributed by atoms with Crippen LogP contribution in [0, 0.1) is 17.0 Å². The highest BCUT2D eigenvalue weighted by atomic mass is 32.2. The fourth-order valence-corrected chi connectivity index (χ4v) is 4.87. The zero-order valence-electron chi connectivity index (χ0n) is 17.2. The van der Waals surface area contributed by atoms with Crippen molar-refractivity contribution in [2.75, 3.05) is 31.2 Å².